The van der Waals surface area contributed by atoms with Gasteiger partial charge in [0.2, 0.25) is 10.0 Å². The summed E-state index contributed by atoms with van der Waals surface area (Å²) in [6, 6.07) is 13.7. The summed E-state index contributed by atoms with van der Waals surface area (Å²) in [5, 5.41) is 12.3. The Bertz CT molecular complexity index is 852. The summed E-state index contributed by atoms with van der Waals surface area (Å²) in [6.45, 7) is 2.96. The monoisotopic (exact) mass is 390 g/mol. The lowest BCUT2D eigenvalue weighted by atomic mass is 10.2. The zero-order valence-corrected chi connectivity index (χ0v) is 16.3. The van der Waals surface area contributed by atoms with Crippen molar-refractivity contribution in [3.05, 3.63) is 59.7 Å². The van der Waals surface area contributed by atoms with Crippen LogP contribution >= 0.6 is 0 Å². The average molecular weight is 391 g/mol. The molecule has 7 heteroatoms. The molecule has 0 amide bonds. The molecule has 0 radical (unpaired) electrons. The van der Waals surface area contributed by atoms with Crippen LogP contribution in [-0.2, 0) is 16.4 Å². The van der Waals surface area contributed by atoms with E-state index in [-0.39, 0.29) is 17.0 Å². The first-order valence-corrected chi connectivity index (χ1v) is 10.6. The molecule has 0 atom stereocenters. The van der Waals surface area contributed by atoms with Crippen molar-refractivity contribution < 1.29 is 18.3 Å². The second-order valence-electron chi connectivity index (χ2n) is 6.28. The van der Waals surface area contributed by atoms with Gasteiger partial charge in [-0.2, -0.15) is 0 Å². The molecule has 0 saturated heterocycles. The van der Waals surface area contributed by atoms with Crippen LogP contribution < -0.4 is 10.0 Å². The second kappa shape index (κ2) is 10.1. The van der Waals surface area contributed by atoms with Gasteiger partial charge in [-0.25, -0.2) is 17.9 Å². The van der Waals surface area contributed by atoms with E-state index in [4.69, 9.17) is 0 Å². The molecule has 0 aliphatic rings. The number of aromatic carboxylic acids is 1. The van der Waals surface area contributed by atoms with E-state index in [2.05, 4.69) is 17.0 Å². The van der Waals surface area contributed by atoms with Crippen molar-refractivity contribution in [2.45, 2.75) is 37.5 Å². The van der Waals surface area contributed by atoms with Gasteiger partial charge < -0.3 is 10.4 Å². The van der Waals surface area contributed by atoms with Gasteiger partial charge in [-0.3, -0.25) is 0 Å². The highest BCUT2D eigenvalue weighted by atomic mass is 32.2. The molecule has 2 rings (SSSR count). The Labute approximate surface area is 160 Å². The number of hydrogen-bond acceptors (Lipinski definition) is 4. The van der Waals surface area contributed by atoms with Crippen molar-refractivity contribution >= 4 is 21.7 Å². The maximum atomic E-state index is 12.8. The van der Waals surface area contributed by atoms with E-state index in [1.807, 2.05) is 30.3 Å². The maximum Gasteiger partial charge on any atom is 0.335 e. The van der Waals surface area contributed by atoms with Crippen LogP contribution in [-0.4, -0.2) is 32.6 Å². The van der Waals surface area contributed by atoms with Crippen molar-refractivity contribution in [3.8, 4) is 0 Å². The number of benzene rings is 2. The number of hydrogen-bond donors (Lipinski definition) is 3. The lowest BCUT2D eigenvalue weighted by molar-refractivity contribution is 0.0696. The Hall–Kier alpha value is -2.38. The number of unbranched alkanes of at least 4 members (excludes halogenated alkanes) is 2. The minimum Gasteiger partial charge on any atom is -0.478 e. The highest BCUT2D eigenvalue weighted by Crippen LogP contribution is 2.23. The zero-order chi connectivity index (χ0) is 19.7. The molecule has 0 spiro atoms. The molecule has 0 aliphatic heterocycles. The summed E-state index contributed by atoms with van der Waals surface area (Å²) in [5.74, 6) is -1.16. The highest BCUT2D eigenvalue weighted by molar-refractivity contribution is 7.89. The molecule has 146 valence electrons. The van der Waals surface area contributed by atoms with Gasteiger partial charge in [0.15, 0.2) is 0 Å². The van der Waals surface area contributed by atoms with E-state index in [0.717, 1.165) is 24.8 Å². The fourth-order valence-electron chi connectivity index (χ4n) is 2.67. The minimum atomic E-state index is -3.84. The van der Waals surface area contributed by atoms with Gasteiger partial charge in [0.25, 0.3) is 0 Å². The second-order valence-corrected chi connectivity index (χ2v) is 8.02. The van der Waals surface area contributed by atoms with Gasteiger partial charge in [-0.1, -0.05) is 50.1 Å². The summed E-state index contributed by atoms with van der Waals surface area (Å²) in [4.78, 5) is 11.2. The maximum absolute atomic E-state index is 12.8. The van der Waals surface area contributed by atoms with E-state index in [0.29, 0.717) is 18.7 Å². The Morgan fingerprint density at radius 3 is 2.44 bits per heavy atom. The number of nitrogens with one attached hydrogen (secondary N) is 2. The lowest BCUT2D eigenvalue weighted by Gasteiger charge is -2.14. The first-order valence-electron chi connectivity index (χ1n) is 9.09. The van der Waals surface area contributed by atoms with E-state index in [9.17, 15) is 18.3 Å². The van der Waals surface area contributed by atoms with Crippen molar-refractivity contribution in [2.75, 3.05) is 18.4 Å². The van der Waals surface area contributed by atoms with Crippen LogP contribution in [0.25, 0.3) is 0 Å². The first-order chi connectivity index (χ1) is 12.9. The fraction of sp³-hybridized carbons (Fsp3) is 0.350. The number of sulfonamides is 1. The van der Waals surface area contributed by atoms with E-state index in [1.165, 1.54) is 18.2 Å². The molecular weight excluding hydrogens is 364 g/mol. The van der Waals surface area contributed by atoms with Crippen LogP contribution in [0.2, 0.25) is 0 Å². The largest absolute Gasteiger partial charge is 0.478 e. The van der Waals surface area contributed by atoms with Crippen molar-refractivity contribution in [3.63, 3.8) is 0 Å². The smallest absolute Gasteiger partial charge is 0.335 e. The lowest BCUT2D eigenvalue weighted by Crippen LogP contribution is -2.27. The van der Waals surface area contributed by atoms with Gasteiger partial charge in [-0.05, 0) is 36.6 Å². The van der Waals surface area contributed by atoms with E-state index >= 15 is 0 Å². The van der Waals surface area contributed by atoms with Crippen LogP contribution in [0, 0.1) is 0 Å². The predicted octanol–water partition coefficient (Wildman–Crippen LogP) is 3.51. The Kier molecular flexibility index (Phi) is 7.82. The predicted molar refractivity (Wildman–Crippen MR) is 107 cm³/mol. The van der Waals surface area contributed by atoms with Crippen molar-refractivity contribution in [1.29, 1.82) is 0 Å². The van der Waals surface area contributed by atoms with Gasteiger partial charge in [0.05, 0.1) is 11.3 Å². The van der Waals surface area contributed by atoms with E-state index in [1.54, 1.807) is 0 Å². The molecule has 0 aromatic heterocycles. The molecule has 0 bridgehead atoms. The van der Waals surface area contributed by atoms with Gasteiger partial charge in [0, 0.05) is 13.1 Å². The SMILES string of the molecule is CCCCCNc1ccc(C(=O)O)cc1S(=O)(=O)NCCc1ccccc1. The molecule has 0 heterocycles. The average Bonchev–Trinajstić information content (AvgIpc) is 2.66. The Morgan fingerprint density at radius 1 is 1.04 bits per heavy atom. The summed E-state index contributed by atoms with van der Waals surface area (Å²) in [6.07, 6.45) is 3.57. The third kappa shape index (κ3) is 6.37. The van der Waals surface area contributed by atoms with Gasteiger partial charge in [-0.15, -0.1) is 0 Å². The quantitative estimate of drug-likeness (QED) is 0.510. The third-order valence-corrected chi connectivity index (χ3v) is 5.66. The number of carboxylic acid groups (broad SMARTS) is 1. The molecule has 27 heavy (non-hydrogen) atoms. The van der Waals surface area contributed by atoms with Crippen LogP contribution in [0.3, 0.4) is 0 Å². The third-order valence-electron chi connectivity index (χ3n) is 4.16. The summed E-state index contributed by atoms with van der Waals surface area (Å²) < 4.78 is 28.1. The zero-order valence-electron chi connectivity index (χ0n) is 15.4. The Morgan fingerprint density at radius 2 is 1.78 bits per heavy atom. The van der Waals surface area contributed by atoms with E-state index < -0.39 is 16.0 Å². The van der Waals surface area contributed by atoms with Gasteiger partial charge in [0.1, 0.15) is 4.90 Å². The molecule has 0 saturated carbocycles. The first kappa shape index (κ1) is 20.9. The van der Waals surface area contributed by atoms with Crippen LogP contribution in [0.5, 0.6) is 0 Å². The standard InChI is InChI=1S/C20H26N2O4S/c1-2-3-7-13-21-18-11-10-17(20(23)24)15-19(18)27(25,26)22-14-12-16-8-5-4-6-9-16/h4-6,8-11,15,21-22H,2-3,7,12-14H2,1H3,(H,23,24). The number of carboxylic acids is 1. The number of anilines is 1. The summed E-state index contributed by atoms with van der Waals surface area (Å²) in [7, 11) is -3.84. The highest BCUT2D eigenvalue weighted by Gasteiger charge is 2.20. The van der Waals surface area contributed by atoms with Crippen LogP contribution in [0.1, 0.15) is 42.1 Å². The van der Waals surface area contributed by atoms with Gasteiger partial charge >= 0.3 is 5.97 Å². The minimum absolute atomic E-state index is 0.0352. The topological polar surface area (TPSA) is 95.5 Å². The normalized spacial score (nSPS) is 11.3. The molecule has 3 N–H and O–H groups in total. The molecule has 6 nitrogen and oxygen atoms in total. The molecule has 0 fully saturated rings. The van der Waals surface area contributed by atoms with Crippen molar-refractivity contribution in [2.24, 2.45) is 0 Å². The molecular formula is C20H26N2O4S. The fourth-order valence-corrected chi connectivity index (χ4v) is 3.91. The molecule has 2 aromatic carbocycles. The number of rotatable bonds is 11. The summed E-state index contributed by atoms with van der Waals surface area (Å²) in [5.41, 5.74) is 1.39. The van der Waals surface area contributed by atoms with Crippen LogP contribution in [0.15, 0.2) is 53.4 Å². The summed E-state index contributed by atoms with van der Waals surface area (Å²) >= 11 is 0. The molecule has 2 aromatic rings. The Balaban J connectivity index is 2.15. The number of carbonyl (C=O) groups is 1. The van der Waals surface area contributed by atoms with Crippen LogP contribution in [0.4, 0.5) is 5.69 Å². The molecule has 0 unspecified atom stereocenters. The molecule has 0 aliphatic carbocycles. The van der Waals surface area contributed by atoms with Crippen molar-refractivity contribution in [1.82, 2.24) is 4.72 Å².